The molecule has 0 aromatic carbocycles. The van der Waals surface area contributed by atoms with Gasteiger partial charge in [-0.25, -0.2) is 0 Å². The van der Waals surface area contributed by atoms with E-state index in [1.807, 2.05) is 32.1 Å². The summed E-state index contributed by atoms with van der Waals surface area (Å²) in [6.45, 7) is 16.2. The Morgan fingerprint density at radius 1 is 1.38 bits per heavy atom. The Morgan fingerprint density at radius 2 is 2.04 bits per heavy atom. The highest BCUT2D eigenvalue weighted by Gasteiger charge is 2.25. The Kier molecular flexibility index (Phi) is 8.04. The number of hydrogen-bond acceptors (Lipinski definition) is 3. The van der Waals surface area contributed by atoms with Crippen molar-refractivity contribution in [1.82, 2.24) is 0 Å². The third kappa shape index (κ3) is 4.87. The lowest BCUT2D eigenvalue weighted by Gasteiger charge is -2.16. The molecule has 1 aliphatic rings. The van der Waals surface area contributed by atoms with Crippen LogP contribution >= 0.6 is 11.8 Å². The van der Waals surface area contributed by atoms with Gasteiger partial charge in [-0.05, 0) is 68.4 Å². The molecular weight excluding hydrogens is 314 g/mol. The Morgan fingerprint density at radius 3 is 2.54 bits per heavy atom. The van der Waals surface area contributed by atoms with Crippen molar-refractivity contribution in [3.05, 3.63) is 69.1 Å². The van der Waals surface area contributed by atoms with Crippen molar-refractivity contribution < 1.29 is 5.11 Å². The van der Waals surface area contributed by atoms with E-state index < -0.39 is 0 Å². The van der Waals surface area contributed by atoms with E-state index in [-0.39, 0.29) is 6.10 Å². The lowest BCUT2D eigenvalue weighted by molar-refractivity contribution is 0.218. The third-order valence-corrected chi connectivity index (χ3v) is 5.14. The molecule has 2 nitrogen and oxygen atoms in total. The molecule has 0 aliphatic heterocycles. The molecule has 0 saturated heterocycles. The average Bonchev–Trinajstić information content (AvgIpc) is 2.93. The van der Waals surface area contributed by atoms with Crippen molar-refractivity contribution in [3.8, 4) is 6.07 Å². The molecule has 0 aromatic heterocycles. The molecule has 3 heteroatoms. The maximum Gasteiger partial charge on any atom is 0.0944 e. The van der Waals surface area contributed by atoms with Crippen molar-refractivity contribution in [2.24, 2.45) is 0 Å². The SMILES string of the molecule is C=C(SC(=C)C(CC)=C1CCC(O)C1=CC)C(C=C(C)C#N)=CC. The van der Waals surface area contributed by atoms with Crippen molar-refractivity contribution in [1.29, 1.82) is 5.26 Å². The van der Waals surface area contributed by atoms with Crippen LogP contribution < -0.4 is 0 Å². The van der Waals surface area contributed by atoms with E-state index in [4.69, 9.17) is 5.26 Å². The highest BCUT2D eigenvalue weighted by molar-refractivity contribution is 8.07. The van der Waals surface area contributed by atoms with Crippen LogP contribution in [0.25, 0.3) is 0 Å². The molecule has 1 unspecified atom stereocenters. The van der Waals surface area contributed by atoms with Crippen LogP contribution in [0.1, 0.15) is 47.0 Å². The minimum atomic E-state index is -0.361. The molecule has 1 atom stereocenters. The maximum absolute atomic E-state index is 10.1. The van der Waals surface area contributed by atoms with Crippen LogP contribution in [-0.4, -0.2) is 11.2 Å². The van der Waals surface area contributed by atoms with Crippen molar-refractivity contribution >= 4 is 11.8 Å². The Bertz CT molecular complexity index is 683. The topological polar surface area (TPSA) is 44.0 Å². The quantitative estimate of drug-likeness (QED) is 0.478. The molecule has 0 heterocycles. The summed E-state index contributed by atoms with van der Waals surface area (Å²) in [5, 5.41) is 19.1. The van der Waals surface area contributed by atoms with Gasteiger partial charge in [-0.15, -0.1) is 0 Å². The van der Waals surface area contributed by atoms with Gasteiger partial charge in [0.25, 0.3) is 0 Å². The predicted octanol–water partition coefficient (Wildman–Crippen LogP) is 5.97. The molecule has 128 valence electrons. The van der Waals surface area contributed by atoms with Crippen LogP contribution in [-0.2, 0) is 0 Å². The molecule has 1 N–H and O–H groups in total. The molecule has 24 heavy (non-hydrogen) atoms. The molecule has 1 saturated carbocycles. The summed E-state index contributed by atoms with van der Waals surface area (Å²) in [7, 11) is 0. The standard InChI is InChI=1S/C21H27NOS/c1-7-17(12-14(4)13-22)15(5)24-16(6)18(8-2)20-10-11-21(23)19(20)9-3/h7,9,12,21,23H,5-6,8,10-11H2,1-4H3. The summed E-state index contributed by atoms with van der Waals surface area (Å²) < 4.78 is 0. The molecule has 0 spiro atoms. The second kappa shape index (κ2) is 9.52. The first kappa shape index (κ1) is 20.3. The number of aliphatic hydroxyl groups excluding tert-OH is 1. The molecule has 0 bridgehead atoms. The first-order chi connectivity index (χ1) is 11.4. The fourth-order valence-corrected chi connectivity index (χ4v) is 3.89. The highest BCUT2D eigenvalue weighted by atomic mass is 32.2. The van der Waals surface area contributed by atoms with Crippen LogP contribution in [0, 0.1) is 11.3 Å². The number of aliphatic hydroxyl groups is 1. The van der Waals surface area contributed by atoms with Crippen molar-refractivity contribution in [2.45, 2.75) is 53.1 Å². The van der Waals surface area contributed by atoms with Crippen LogP contribution in [0.3, 0.4) is 0 Å². The zero-order chi connectivity index (χ0) is 18.3. The van der Waals surface area contributed by atoms with E-state index in [9.17, 15) is 5.11 Å². The Balaban J connectivity index is 3.05. The average molecular weight is 342 g/mol. The zero-order valence-electron chi connectivity index (χ0n) is 15.1. The second-order valence-corrected chi connectivity index (χ2v) is 6.93. The maximum atomic E-state index is 10.1. The normalized spacial score (nSPS) is 22.5. The number of thioether (sulfide) groups is 1. The monoisotopic (exact) mass is 341 g/mol. The smallest absolute Gasteiger partial charge is 0.0944 e. The van der Waals surface area contributed by atoms with Crippen molar-refractivity contribution in [2.75, 3.05) is 0 Å². The van der Waals surface area contributed by atoms with E-state index in [0.717, 1.165) is 40.2 Å². The van der Waals surface area contributed by atoms with Gasteiger partial charge in [0, 0.05) is 15.4 Å². The highest BCUT2D eigenvalue weighted by Crippen LogP contribution is 2.41. The molecular formula is C21H27NOS. The summed E-state index contributed by atoms with van der Waals surface area (Å²) in [4.78, 5) is 1.84. The van der Waals surface area contributed by atoms with Crippen LogP contribution in [0.4, 0.5) is 0 Å². The fourth-order valence-electron chi connectivity index (χ4n) is 2.91. The van der Waals surface area contributed by atoms with Gasteiger partial charge in [0.1, 0.15) is 0 Å². The van der Waals surface area contributed by atoms with Gasteiger partial charge < -0.3 is 5.11 Å². The lowest BCUT2D eigenvalue weighted by Crippen LogP contribution is -2.03. The van der Waals surface area contributed by atoms with E-state index in [0.29, 0.717) is 5.57 Å². The number of nitriles is 1. The lowest BCUT2D eigenvalue weighted by atomic mass is 10.00. The summed E-state index contributed by atoms with van der Waals surface area (Å²) in [6, 6.07) is 2.14. The minimum Gasteiger partial charge on any atom is -0.388 e. The molecule has 0 radical (unpaired) electrons. The number of hydrogen-bond donors (Lipinski definition) is 1. The first-order valence-corrected chi connectivity index (χ1v) is 9.08. The minimum absolute atomic E-state index is 0.361. The Hall–Kier alpha value is -1.76. The summed E-state index contributed by atoms with van der Waals surface area (Å²) in [6.07, 6.45) is 7.99. The zero-order valence-corrected chi connectivity index (χ0v) is 16.0. The first-order valence-electron chi connectivity index (χ1n) is 8.27. The van der Waals surface area contributed by atoms with Crippen molar-refractivity contribution in [3.63, 3.8) is 0 Å². The van der Waals surface area contributed by atoms with E-state index in [2.05, 4.69) is 26.2 Å². The second-order valence-electron chi connectivity index (χ2n) is 5.74. The van der Waals surface area contributed by atoms with Gasteiger partial charge >= 0.3 is 0 Å². The van der Waals surface area contributed by atoms with Gasteiger partial charge in [0.2, 0.25) is 0 Å². The molecule has 0 amide bonds. The summed E-state index contributed by atoms with van der Waals surface area (Å²) in [5.74, 6) is 0. The van der Waals surface area contributed by atoms with E-state index in [1.54, 1.807) is 18.7 Å². The van der Waals surface area contributed by atoms with Gasteiger partial charge in [0.15, 0.2) is 0 Å². The van der Waals surface area contributed by atoms with Crippen LogP contribution in [0.5, 0.6) is 0 Å². The number of nitrogens with zero attached hydrogens (tertiary/aromatic N) is 1. The molecule has 1 fully saturated rings. The van der Waals surface area contributed by atoms with Gasteiger partial charge in [0.05, 0.1) is 12.2 Å². The molecule has 1 rings (SSSR count). The van der Waals surface area contributed by atoms with E-state index >= 15 is 0 Å². The van der Waals surface area contributed by atoms with Crippen LogP contribution in [0.15, 0.2) is 69.1 Å². The van der Waals surface area contributed by atoms with Gasteiger partial charge in [-0.1, -0.05) is 44.0 Å². The van der Waals surface area contributed by atoms with Gasteiger partial charge in [-0.2, -0.15) is 5.26 Å². The summed E-state index contributed by atoms with van der Waals surface area (Å²) in [5.41, 5.74) is 5.05. The third-order valence-electron chi connectivity index (χ3n) is 4.17. The molecule has 1 aliphatic carbocycles. The predicted molar refractivity (Wildman–Crippen MR) is 105 cm³/mol. The van der Waals surface area contributed by atoms with Gasteiger partial charge in [-0.3, -0.25) is 0 Å². The number of allylic oxidation sites excluding steroid dienone is 6. The molecule has 0 aromatic rings. The number of rotatable bonds is 6. The summed E-state index contributed by atoms with van der Waals surface area (Å²) >= 11 is 1.54. The van der Waals surface area contributed by atoms with E-state index in [1.165, 1.54) is 11.1 Å². The fraction of sp³-hybridized carbons (Fsp3) is 0.381. The van der Waals surface area contributed by atoms with Crippen LogP contribution in [0.2, 0.25) is 0 Å². The Labute approximate surface area is 150 Å². The largest absolute Gasteiger partial charge is 0.388 e.